The fraction of sp³-hybridized carbons (Fsp3) is 0.500. The molecule has 0 unspecified atom stereocenters. The maximum Gasteiger partial charge on any atom is 0.239 e. The first-order valence-corrected chi connectivity index (χ1v) is 3.90. The Hall–Kier alpha value is -1.14. The van der Waals surface area contributed by atoms with Gasteiger partial charge < -0.3 is 14.6 Å². The molecule has 1 rings (SSSR count). The summed E-state index contributed by atoms with van der Waals surface area (Å²) in [5.41, 5.74) is 2.57. The van der Waals surface area contributed by atoms with E-state index >= 15 is 0 Å². The summed E-state index contributed by atoms with van der Waals surface area (Å²) >= 11 is 5.54. The van der Waals surface area contributed by atoms with Crippen LogP contribution in [0.25, 0.3) is 0 Å². The van der Waals surface area contributed by atoms with Crippen LogP contribution in [0.3, 0.4) is 0 Å². The number of hydrogen-bond acceptors (Lipinski definition) is 6. The monoisotopic (exact) mass is 207 g/mol. The number of aliphatic hydroxyl groups is 1. The molecule has 0 bridgehead atoms. The van der Waals surface area contributed by atoms with Crippen LogP contribution in [0.4, 0.5) is 0 Å². The fourth-order valence-corrected chi connectivity index (χ4v) is 0.863. The standard InChI is InChI=1S/C6H10ClN3O3/c1-12-5-4-6(13-3-2-11)9-10(7)8-5/h4,9,11H,2-3H2,1H3. The Morgan fingerprint density at radius 3 is 3.15 bits per heavy atom. The van der Waals surface area contributed by atoms with Gasteiger partial charge >= 0.3 is 0 Å². The number of hydrazine groups is 1. The van der Waals surface area contributed by atoms with E-state index < -0.39 is 0 Å². The maximum absolute atomic E-state index is 8.50. The molecular formula is C6H10ClN3O3. The Balaban J connectivity index is 2.54. The minimum absolute atomic E-state index is 0.0687. The molecule has 74 valence electrons. The van der Waals surface area contributed by atoms with Crippen molar-refractivity contribution in [1.29, 1.82) is 0 Å². The van der Waals surface area contributed by atoms with E-state index in [1.54, 1.807) is 0 Å². The third-order valence-corrected chi connectivity index (χ3v) is 1.36. The minimum atomic E-state index is -0.0687. The molecule has 0 saturated carbocycles. The Morgan fingerprint density at radius 1 is 1.77 bits per heavy atom. The van der Waals surface area contributed by atoms with Gasteiger partial charge in [-0.05, 0) is 0 Å². The second kappa shape index (κ2) is 4.78. The van der Waals surface area contributed by atoms with Crippen molar-refractivity contribution in [2.45, 2.75) is 0 Å². The van der Waals surface area contributed by atoms with E-state index in [2.05, 4.69) is 10.5 Å². The van der Waals surface area contributed by atoms with Gasteiger partial charge in [0.15, 0.2) is 0 Å². The molecule has 0 spiro atoms. The van der Waals surface area contributed by atoms with E-state index in [9.17, 15) is 0 Å². The van der Waals surface area contributed by atoms with Crippen molar-refractivity contribution in [3.8, 4) is 0 Å². The normalized spacial score (nSPS) is 15.8. The number of nitrogens with one attached hydrogen (secondary N) is 1. The molecule has 0 atom stereocenters. The van der Waals surface area contributed by atoms with Crippen molar-refractivity contribution in [3.05, 3.63) is 12.0 Å². The number of rotatable bonds is 3. The van der Waals surface area contributed by atoms with Crippen molar-refractivity contribution >= 4 is 17.7 Å². The third-order valence-electron chi connectivity index (χ3n) is 1.20. The summed E-state index contributed by atoms with van der Waals surface area (Å²) in [6.45, 7) is 0.112. The van der Waals surface area contributed by atoms with Gasteiger partial charge in [0.25, 0.3) is 0 Å². The molecule has 0 radical (unpaired) electrons. The summed E-state index contributed by atoms with van der Waals surface area (Å²) in [5.74, 6) is 0.692. The van der Waals surface area contributed by atoms with Crippen molar-refractivity contribution in [2.24, 2.45) is 5.10 Å². The van der Waals surface area contributed by atoms with Gasteiger partial charge in [0.05, 0.1) is 31.6 Å². The highest BCUT2D eigenvalue weighted by atomic mass is 35.5. The number of halogens is 1. The van der Waals surface area contributed by atoms with Gasteiger partial charge in [0, 0.05) is 0 Å². The van der Waals surface area contributed by atoms with Crippen LogP contribution in [-0.2, 0) is 9.47 Å². The lowest BCUT2D eigenvalue weighted by Crippen LogP contribution is -2.32. The lowest BCUT2D eigenvalue weighted by molar-refractivity contribution is 0.111. The summed E-state index contributed by atoms with van der Waals surface area (Å²) < 4.78 is 10.8. The summed E-state index contributed by atoms with van der Waals surface area (Å²) in [6, 6.07) is 0. The largest absolute Gasteiger partial charge is 0.480 e. The highest BCUT2D eigenvalue weighted by Crippen LogP contribution is 2.05. The number of nitrogens with zero attached hydrogens (tertiary/aromatic N) is 2. The topological polar surface area (TPSA) is 66.3 Å². The minimum Gasteiger partial charge on any atom is -0.480 e. The molecular weight excluding hydrogens is 198 g/mol. The van der Waals surface area contributed by atoms with Crippen LogP contribution in [-0.4, -0.2) is 36.0 Å². The van der Waals surface area contributed by atoms with Crippen LogP contribution >= 0.6 is 11.8 Å². The van der Waals surface area contributed by atoms with Gasteiger partial charge in [-0.15, -0.1) is 9.74 Å². The van der Waals surface area contributed by atoms with Crippen LogP contribution in [0.15, 0.2) is 17.1 Å². The fourth-order valence-electron chi connectivity index (χ4n) is 0.705. The lowest BCUT2D eigenvalue weighted by atomic mass is 10.5. The Kier molecular flexibility index (Phi) is 3.66. The summed E-state index contributed by atoms with van der Waals surface area (Å²) in [7, 11) is 1.47. The molecule has 0 aromatic rings. The summed E-state index contributed by atoms with van der Waals surface area (Å²) in [6.07, 6.45) is 1.52. The van der Waals surface area contributed by atoms with Gasteiger partial charge in [-0.1, -0.05) is 0 Å². The average Bonchev–Trinajstić information content (AvgIpc) is 2.14. The lowest BCUT2D eigenvalue weighted by Gasteiger charge is -2.20. The second-order valence-corrected chi connectivity index (χ2v) is 2.42. The van der Waals surface area contributed by atoms with Crippen LogP contribution < -0.4 is 5.43 Å². The van der Waals surface area contributed by atoms with Crippen LogP contribution in [0, 0.1) is 0 Å². The average molecular weight is 208 g/mol. The number of hydrazone groups is 1. The van der Waals surface area contributed by atoms with E-state index in [-0.39, 0.29) is 13.2 Å². The molecule has 13 heavy (non-hydrogen) atoms. The summed E-state index contributed by atoms with van der Waals surface area (Å²) in [4.78, 5) is 0. The first-order valence-electron chi connectivity index (χ1n) is 3.56. The molecule has 1 aliphatic rings. The second-order valence-electron chi connectivity index (χ2n) is 2.09. The molecule has 0 aromatic carbocycles. The molecule has 1 aliphatic heterocycles. The first-order chi connectivity index (χ1) is 6.26. The zero-order valence-electron chi connectivity index (χ0n) is 7.03. The maximum atomic E-state index is 8.50. The van der Waals surface area contributed by atoms with Gasteiger partial charge in [-0.25, -0.2) is 5.43 Å². The van der Waals surface area contributed by atoms with E-state index in [0.717, 1.165) is 4.64 Å². The molecule has 1 heterocycles. The zero-order chi connectivity index (χ0) is 9.68. The molecule has 0 amide bonds. The Morgan fingerprint density at radius 2 is 2.54 bits per heavy atom. The SMILES string of the molecule is COC1=NN(Cl)NC(OCCO)=C1. The van der Waals surface area contributed by atoms with Gasteiger partial charge in [-0.2, -0.15) is 0 Å². The first kappa shape index (κ1) is 9.94. The Bertz CT molecular complexity index is 231. The van der Waals surface area contributed by atoms with E-state index in [4.69, 9.17) is 26.4 Å². The number of ether oxygens (including phenoxy) is 2. The van der Waals surface area contributed by atoms with E-state index in [0.29, 0.717) is 11.8 Å². The molecule has 0 aliphatic carbocycles. The number of aliphatic hydroxyl groups excluding tert-OH is 1. The molecule has 2 N–H and O–H groups in total. The highest BCUT2D eigenvalue weighted by Gasteiger charge is 2.11. The van der Waals surface area contributed by atoms with Gasteiger partial charge in [-0.3, -0.25) is 0 Å². The summed E-state index contributed by atoms with van der Waals surface area (Å²) in [5, 5.41) is 12.2. The zero-order valence-corrected chi connectivity index (χ0v) is 7.78. The quantitative estimate of drug-likeness (QED) is 0.626. The van der Waals surface area contributed by atoms with E-state index in [1.165, 1.54) is 13.2 Å². The van der Waals surface area contributed by atoms with Crippen molar-refractivity contribution in [3.63, 3.8) is 0 Å². The molecule has 0 aromatic heterocycles. The molecule has 0 fully saturated rings. The molecule has 6 nitrogen and oxygen atoms in total. The van der Waals surface area contributed by atoms with Crippen molar-refractivity contribution in [2.75, 3.05) is 20.3 Å². The predicted molar refractivity (Wildman–Crippen MR) is 46.4 cm³/mol. The molecule has 7 heteroatoms. The Labute approximate surface area is 80.5 Å². The smallest absolute Gasteiger partial charge is 0.239 e. The van der Waals surface area contributed by atoms with Gasteiger partial charge in [0.1, 0.15) is 6.61 Å². The van der Waals surface area contributed by atoms with Crippen LogP contribution in [0.1, 0.15) is 0 Å². The highest BCUT2D eigenvalue weighted by molar-refractivity contribution is 6.13. The van der Waals surface area contributed by atoms with Gasteiger partial charge in [0.2, 0.25) is 11.8 Å². The predicted octanol–water partition coefficient (Wildman–Crippen LogP) is -0.229. The van der Waals surface area contributed by atoms with Crippen LogP contribution in [0.5, 0.6) is 0 Å². The van der Waals surface area contributed by atoms with Crippen molar-refractivity contribution in [1.82, 2.24) is 10.1 Å². The van der Waals surface area contributed by atoms with Crippen molar-refractivity contribution < 1.29 is 14.6 Å². The van der Waals surface area contributed by atoms with Crippen LogP contribution in [0.2, 0.25) is 0 Å². The third kappa shape index (κ3) is 3.00. The number of hydrogen-bond donors (Lipinski definition) is 2. The van der Waals surface area contributed by atoms with E-state index in [1.807, 2.05) is 0 Å². The molecule has 0 saturated heterocycles. The number of methoxy groups -OCH3 is 1.